The molecule has 0 saturated carbocycles. The monoisotopic (exact) mass is 322 g/mol. The predicted molar refractivity (Wildman–Crippen MR) is 84.0 cm³/mol. The van der Waals surface area contributed by atoms with Crippen LogP contribution < -0.4 is 5.32 Å². The van der Waals surface area contributed by atoms with Crippen LogP contribution in [-0.2, 0) is 11.3 Å². The third-order valence-corrected chi connectivity index (χ3v) is 3.63. The maximum Gasteiger partial charge on any atom is 0.273 e. The number of hydrogen-bond acceptors (Lipinski definition) is 4. The van der Waals surface area contributed by atoms with E-state index in [2.05, 4.69) is 15.6 Å². The molecule has 1 unspecified atom stereocenters. The summed E-state index contributed by atoms with van der Waals surface area (Å²) in [6, 6.07) is 7.47. The Morgan fingerprint density at radius 1 is 1.45 bits per heavy atom. The van der Waals surface area contributed by atoms with Crippen molar-refractivity contribution in [2.24, 2.45) is 0 Å². The largest absolute Gasteiger partial charge is 0.383 e. The molecule has 1 amide bonds. The van der Waals surface area contributed by atoms with Gasteiger partial charge in [-0.2, -0.15) is 0 Å². The number of nitrogens with one attached hydrogen (secondary N) is 1. The van der Waals surface area contributed by atoms with Gasteiger partial charge in [0.25, 0.3) is 5.91 Å². The van der Waals surface area contributed by atoms with E-state index in [4.69, 9.17) is 16.3 Å². The van der Waals surface area contributed by atoms with Gasteiger partial charge in [0.15, 0.2) is 5.69 Å². The van der Waals surface area contributed by atoms with Crippen molar-refractivity contribution in [1.29, 1.82) is 0 Å². The average Bonchev–Trinajstić information content (AvgIpc) is 2.98. The Kier molecular flexibility index (Phi) is 5.91. The Labute approximate surface area is 134 Å². The van der Waals surface area contributed by atoms with Gasteiger partial charge in [-0.05, 0) is 18.1 Å². The molecule has 2 rings (SSSR count). The van der Waals surface area contributed by atoms with Crippen LogP contribution in [0.15, 0.2) is 30.5 Å². The molecule has 0 fully saturated rings. The summed E-state index contributed by atoms with van der Waals surface area (Å²) in [4.78, 5) is 12.1. The molecule has 1 atom stereocenters. The van der Waals surface area contributed by atoms with Crippen LogP contribution in [0.2, 0.25) is 5.02 Å². The number of nitrogens with zero attached hydrogens (tertiary/aromatic N) is 3. The first-order chi connectivity index (χ1) is 10.6. The zero-order valence-corrected chi connectivity index (χ0v) is 13.4. The highest BCUT2D eigenvalue weighted by Crippen LogP contribution is 2.15. The summed E-state index contributed by atoms with van der Waals surface area (Å²) in [5.41, 5.74) is 1.20. The second kappa shape index (κ2) is 7.91. The highest BCUT2D eigenvalue weighted by molar-refractivity contribution is 6.31. The Bertz CT molecular complexity index is 630. The molecule has 0 saturated heterocycles. The Balaban J connectivity index is 2.02. The van der Waals surface area contributed by atoms with E-state index in [0.29, 0.717) is 18.2 Å². The quantitative estimate of drug-likeness (QED) is 0.848. The van der Waals surface area contributed by atoms with Crippen molar-refractivity contribution in [2.45, 2.75) is 25.9 Å². The fourth-order valence-corrected chi connectivity index (χ4v) is 2.20. The molecule has 2 aromatic rings. The van der Waals surface area contributed by atoms with Gasteiger partial charge in [0, 0.05) is 12.1 Å². The summed E-state index contributed by atoms with van der Waals surface area (Å²) in [5.74, 6) is -0.255. The smallest absolute Gasteiger partial charge is 0.273 e. The summed E-state index contributed by atoms with van der Waals surface area (Å²) >= 11 is 6.11. The molecular formula is C15H19ClN4O2. The Hall–Kier alpha value is -1.92. The molecule has 0 radical (unpaired) electrons. The minimum atomic E-state index is -0.255. The summed E-state index contributed by atoms with van der Waals surface area (Å²) in [6.45, 7) is 2.92. The minimum absolute atomic E-state index is 0.0359. The van der Waals surface area contributed by atoms with Crippen molar-refractivity contribution < 1.29 is 9.53 Å². The standard InChI is InChI=1S/C15H19ClN4O2/c1-3-12(10-22-2)17-15(21)14-9-20(19-18-14)8-11-6-4-5-7-13(11)16/h4-7,9,12H,3,8,10H2,1-2H3,(H,17,21). The van der Waals surface area contributed by atoms with Crippen LogP contribution in [0, 0.1) is 0 Å². The summed E-state index contributed by atoms with van der Waals surface area (Å²) < 4.78 is 6.65. The van der Waals surface area contributed by atoms with Gasteiger partial charge in [-0.15, -0.1) is 5.10 Å². The van der Waals surface area contributed by atoms with Crippen molar-refractivity contribution in [2.75, 3.05) is 13.7 Å². The second-order valence-electron chi connectivity index (χ2n) is 4.93. The lowest BCUT2D eigenvalue weighted by atomic mass is 10.2. The number of rotatable bonds is 7. The number of ether oxygens (including phenoxy) is 1. The van der Waals surface area contributed by atoms with Crippen molar-refractivity contribution >= 4 is 17.5 Å². The minimum Gasteiger partial charge on any atom is -0.383 e. The van der Waals surface area contributed by atoms with E-state index in [-0.39, 0.29) is 17.6 Å². The molecule has 0 aliphatic carbocycles. The molecule has 1 aromatic carbocycles. The molecule has 22 heavy (non-hydrogen) atoms. The van der Waals surface area contributed by atoms with E-state index in [1.54, 1.807) is 18.0 Å². The van der Waals surface area contributed by atoms with Crippen LogP contribution in [0.4, 0.5) is 0 Å². The number of halogens is 1. The van der Waals surface area contributed by atoms with Gasteiger partial charge in [-0.1, -0.05) is 41.9 Å². The maximum atomic E-state index is 12.1. The first-order valence-corrected chi connectivity index (χ1v) is 7.45. The molecule has 0 spiro atoms. The van der Waals surface area contributed by atoms with E-state index < -0.39 is 0 Å². The van der Waals surface area contributed by atoms with Crippen LogP contribution in [0.5, 0.6) is 0 Å². The van der Waals surface area contributed by atoms with Gasteiger partial charge in [0.2, 0.25) is 0 Å². The normalized spacial score (nSPS) is 12.1. The number of amides is 1. The predicted octanol–water partition coefficient (Wildman–Crippen LogP) is 2.13. The van der Waals surface area contributed by atoms with Gasteiger partial charge >= 0.3 is 0 Å². The fourth-order valence-electron chi connectivity index (χ4n) is 2.00. The van der Waals surface area contributed by atoms with E-state index in [0.717, 1.165) is 12.0 Å². The number of methoxy groups -OCH3 is 1. The summed E-state index contributed by atoms with van der Waals surface area (Å²) in [7, 11) is 1.61. The third-order valence-electron chi connectivity index (χ3n) is 3.26. The number of hydrogen-bond donors (Lipinski definition) is 1. The number of carbonyl (C=O) groups excluding carboxylic acids is 1. The summed E-state index contributed by atoms with van der Waals surface area (Å²) in [6.07, 6.45) is 2.39. The van der Waals surface area contributed by atoms with Crippen molar-refractivity contribution in [3.05, 3.63) is 46.7 Å². The molecule has 1 N–H and O–H groups in total. The number of carbonyl (C=O) groups is 1. The lowest BCUT2D eigenvalue weighted by Crippen LogP contribution is -2.37. The van der Waals surface area contributed by atoms with Crippen molar-refractivity contribution in [3.8, 4) is 0 Å². The van der Waals surface area contributed by atoms with Gasteiger partial charge in [-0.25, -0.2) is 4.68 Å². The lowest BCUT2D eigenvalue weighted by Gasteiger charge is -2.14. The van der Waals surface area contributed by atoms with E-state index in [1.807, 2.05) is 31.2 Å². The van der Waals surface area contributed by atoms with Gasteiger partial charge in [0.1, 0.15) is 0 Å². The highest BCUT2D eigenvalue weighted by Gasteiger charge is 2.15. The molecule has 1 aromatic heterocycles. The number of benzene rings is 1. The SMILES string of the molecule is CCC(COC)NC(=O)c1cn(Cc2ccccc2Cl)nn1. The summed E-state index contributed by atoms with van der Waals surface area (Å²) in [5, 5.41) is 11.4. The van der Waals surface area contributed by atoms with E-state index in [1.165, 1.54) is 0 Å². The molecular weight excluding hydrogens is 304 g/mol. The first kappa shape index (κ1) is 16.5. The van der Waals surface area contributed by atoms with Crippen molar-refractivity contribution in [3.63, 3.8) is 0 Å². The first-order valence-electron chi connectivity index (χ1n) is 7.07. The van der Waals surface area contributed by atoms with Crippen LogP contribution in [0.1, 0.15) is 29.4 Å². The topological polar surface area (TPSA) is 69.0 Å². The van der Waals surface area contributed by atoms with E-state index >= 15 is 0 Å². The van der Waals surface area contributed by atoms with Gasteiger partial charge < -0.3 is 10.1 Å². The van der Waals surface area contributed by atoms with E-state index in [9.17, 15) is 4.79 Å². The zero-order valence-electron chi connectivity index (χ0n) is 12.6. The fraction of sp³-hybridized carbons (Fsp3) is 0.400. The van der Waals surface area contributed by atoms with Crippen LogP contribution in [0.3, 0.4) is 0 Å². The number of aromatic nitrogens is 3. The molecule has 0 aliphatic rings. The van der Waals surface area contributed by atoms with Crippen LogP contribution in [-0.4, -0.2) is 40.7 Å². The molecule has 0 bridgehead atoms. The highest BCUT2D eigenvalue weighted by atomic mass is 35.5. The van der Waals surface area contributed by atoms with Gasteiger partial charge in [0.05, 0.1) is 25.4 Å². The van der Waals surface area contributed by atoms with Gasteiger partial charge in [-0.3, -0.25) is 4.79 Å². The second-order valence-corrected chi connectivity index (χ2v) is 5.33. The maximum absolute atomic E-state index is 12.1. The van der Waals surface area contributed by atoms with Crippen LogP contribution in [0.25, 0.3) is 0 Å². The molecule has 6 nitrogen and oxygen atoms in total. The Morgan fingerprint density at radius 2 is 2.23 bits per heavy atom. The van der Waals surface area contributed by atoms with Crippen molar-refractivity contribution in [1.82, 2.24) is 20.3 Å². The zero-order chi connectivity index (χ0) is 15.9. The third kappa shape index (κ3) is 4.29. The molecule has 118 valence electrons. The molecule has 0 aliphatic heterocycles. The lowest BCUT2D eigenvalue weighted by molar-refractivity contribution is 0.0889. The average molecular weight is 323 g/mol. The van der Waals surface area contributed by atoms with Crippen LogP contribution >= 0.6 is 11.6 Å². The molecule has 7 heteroatoms. The molecule has 1 heterocycles. The Morgan fingerprint density at radius 3 is 2.91 bits per heavy atom.